The molecule has 2 rings (SSSR count). The summed E-state index contributed by atoms with van der Waals surface area (Å²) in [5.74, 6) is 0. The number of hydrogen-bond donors (Lipinski definition) is 2. The summed E-state index contributed by atoms with van der Waals surface area (Å²) in [7, 11) is -3.71. The van der Waals surface area contributed by atoms with E-state index in [0.717, 1.165) is 5.69 Å². The normalized spacial score (nSPS) is 12.0. The molecule has 124 valence electrons. The zero-order chi connectivity index (χ0) is 17.3. The van der Waals surface area contributed by atoms with E-state index in [4.69, 9.17) is 23.2 Å². The van der Waals surface area contributed by atoms with Crippen molar-refractivity contribution in [3.05, 3.63) is 52.5 Å². The van der Waals surface area contributed by atoms with Gasteiger partial charge in [-0.15, -0.1) is 0 Å². The molecule has 0 aromatic heterocycles. The van der Waals surface area contributed by atoms with Gasteiger partial charge in [-0.2, -0.15) is 0 Å². The molecular weight excluding hydrogens is 355 g/mol. The van der Waals surface area contributed by atoms with E-state index in [1.165, 1.54) is 18.2 Å². The van der Waals surface area contributed by atoms with Crippen LogP contribution in [-0.4, -0.2) is 14.0 Å². The molecule has 0 radical (unpaired) electrons. The molecule has 0 aliphatic carbocycles. The van der Waals surface area contributed by atoms with Crippen molar-refractivity contribution in [2.75, 3.05) is 10.0 Å². The number of nitrogens with one attached hydrogen (secondary N) is 2. The second-order valence-electron chi connectivity index (χ2n) is 6.13. The number of benzene rings is 2. The summed E-state index contributed by atoms with van der Waals surface area (Å²) in [6, 6.07) is 11.2. The average molecular weight is 373 g/mol. The molecule has 0 unspecified atom stereocenters. The number of hydrogen-bond acceptors (Lipinski definition) is 3. The number of rotatable bonds is 4. The van der Waals surface area contributed by atoms with Crippen LogP contribution >= 0.6 is 23.2 Å². The monoisotopic (exact) mass is 372 g/mol. The highest BCUT2D eigenvalue weighted by atomic mass is 35.5. The fourth-order valence-corrected chi connectivity index (χ4v) is 3.36. The summed E-state index contributed by atoms with van der Waals surface area (Å²) in [6.45, 7) is 6.15. The summed E-state index contributed by atoms with van der Waals surface area (Å²) in [4.78, 5) is 0.0591. The largest absolute Gasteiger partial charge is 0.380 e. The van der Waals surface area contributed by atoms with Gasteiger partial charge in [-0.25, -0.2) is 8.42 Å². The van der Waals surface area contributed by atoms with Crippen LogP contribution in [0.2, 0.25) is 10.0 Å². The van der Waals surface area contributed by atoms with Crippen molar-refractivity contribution < 1.29 is 8.42 Å². The molecule has 0 amide bonds. The maximum Gasteiger partial charge on any atom is 0.261 e. The second-order valence-corrected chi connectivity index (χ2v) is 8.63. The third-order valence-corrected chi connectivity index (χ3v) is 4.98. The third kappa shape index (κ3) is 5.03. The lowest BCUT2D eigenvalue weighted by Gasteiger charge is -2.22. The zero-order valence-electron chi connectivity index (χ0n) is 13.0. The lowest BCUT2D eigenvalue weighted by molar-refractivity contribution is 0.601. The molecule has 0 bridgehead atoms. The van der Waals surface area contributed by atoms with Gasteiger partial charge in [0.15, 0.2) is 0 Å². The molecule has 4 nitrogen and oxygen atoms in total. The van der Waals surface area contributed by atoms with Crippen LogP contribution in [-0.2, 0) is 10.0 Å². The molecule has 23 heavy (non-hydrogen) atoms. The van der Waals surface area contributed by atoms with Crippen molar-refractivity contribution in [3.63, 3.8) is 0 Å². The topological polar surface area (TPSA) is 58.2 Å². The predicted octanol–water partition coefficient (Wildman–Crippen LogP) is 5.00. The van der Waals surface area contributed by atoms with Crippen LogP contribution in [0.25, 0.3) is 0 Å². The lowest BCUT2D eigenvalue weighted by atomic mass is 10.1. The molecule has 2 aromatic rings. The van der Waals surface area contributed by atoms with Gasteiger partial charge in [0.2, 0.25) is 0 Å². The van der Waals surface area contributed by atoms with Gasteiger partial charge in [0.25, 0.3) is 10.0 Å². The van der Waals surface area contributed by atoms with E-state index in [1.807, 2.05) is 32.9 Å². The Hall–Kier alpha value is -1.43. The molecule has 0 heterocycles. The summed E-state index contributed by atoms with van der Waals surface area (Å²) in [6.07, 6.45) is 0. The highest BCUT2D eigenvalue weighted by molar-refractivity contribution is 7.92. The molecule has 0 saturated heterocycles. The molecule has 2 N–H and O–H groups in total. The lowest BCUT2D eigenvalue weighted by Crippen LogP contribution is -2.25. The van der Waals surface area contributed by atoms with E-state index in [0.29, 0.717) is 10.7 Å². The Bertz CT molecular complexity index is 798. The highest BCUT2D eigenvalue weighted by Crippen LogP contribution is 2.26. The Morgan fingerprint density at radius 1 is 0.870 bits per heavy atom. The van der Waals surface area contributed by atoms with Crippen molar-refractivity contribution in [2.45, 2.75) is 31.2 Å². The fourth-order valence-electron chi connectivity index (χ4n) is 1.91. The van der Waals surface area contributed by atoms with Crippen molar-refractivity contribution in [1.29, 1.82) is 0 Å². The Balaban J connectivity index is 2.19. The molecule has 0 fully saturated rings. The first-order valence-corrected chi connectivity index (χ1v) is 9.17. The maximum absolute atomic E-state index is 12.4. The van der Waals surface area contributed by atoms with Crippen molar-refractivity contribution in [3.8, 4) is 0 Å². The summed E-state index contributed by atoms with van der Waals surface area (Å²) in [5.41, 5.74) is 1.31. The number of sulfonamides is 1. The molecule has 0 aliphatic rings. The van der Waals surface area contributed by atoms with Crippen molar-refractivity contribution >= 4 is 44.6 Å². The molecule has 0 spiro atoms. The van der Waals surface area contributed by atoms with Crippen LogP contribution < -0.4 is 10.0 Å². The highest BCUT2D eigenvalue weighted by Gasteiger charge is 2.16. The summed E-state index contributed by atoms with van der Waals surface area (Å²) >= 11 is 11.7. The van der Waals surface area contributed by atoms with Gasteiger partial charge in [-0.3, -0.25) is 4.72 Å². The first-order valence-electron chi connectivity index (χ1n) is 6.93. The van der Waals surface area contributed by atoms with Gasteiger partial charge in [-0.1, -0.05) is 23.2 Å². The number of anilines is 2. The van der Waals surface area contributed by atoms with Gasteiger partial charge >= 0.3 is 0 Å². The Labute approximate surface area is 146 Å². The Kier molecular flexibility index (Phi) is 5.14. The SMILES string of the molecule is CC(C)(C)Nc1ccc(NS(=O)(=O)c2ccc(Cl)c(Cl)c2)cc1. The minimum absolute atomic E-state index is 0.0591. The number of halogens is 2. The second kappa shape index (κ2) is 6.59. The Morgan fingerprint density at radius 3 is 1.96 bits per heavy atom. The summed E-state index contributed by atoms with van der Waals surface area (Å²) in [5, 5.41) is 3.81. The van der Waals surface area contributed by atoms with Gasteiger partial charge in [0.05, 0.1) is 14.9 Å². The quantitative estimate of drug-likeness (QED) is 0.793. The van der Waals surface area contributed by atoms with E-state index < -0.39 is 10.0 Å². The van der Waals surface area contributed by atoms with E-state index in [-0.39, 0.29) is 15.5 Å². The van der Waals surface area contributed by atoms with E-state index in [1.54, 1.807) is 12.1 Å². The van der Waals surface area contributed by atoms with Crippen LogP contribution in [0.5, 0.6) is 0 Å². The molecule has 0 atom stereocenters. The van der Waals surface area contributed by atoms with E-state index >= 15 is 0 Å². The van der Waals surface area contributed by atoms with Crippen LogP contribution in [0, 0.1) is 0 Å². The minimum atomic E-state index is -3.71. The standard InChI is InChI=1S/C16H18Cl2N2O2S/c1-16(2,3)19-11-4-6-12(7-5-11)20-23(21,22)13-8-9-14(17)15(18)10-13/h4-10,19-20H,1-3H3. The van der Waals surface area contributed by atoms with Gasteiger partial charge in [0.1, 0.15) is 0 Å². The third-order valence-electron chi connectivity index (χ3n) is 2.86. The van der Waals surface area contributed by atoms with Crippen LogP contribution in [0.1, 0.15) is 20.8 Å². The zero-order valence-corrected chi connectivity index (χ0v) is 15.4. The maximum atomic E-state index is 12.4. The van der Waals surface area contributed by atoms with Crippen molar-refractivity contribution in [2.24, 2.45) is 0 Å². The van der Waals surface area contributed by atoms with Gasteiger partial charge in [-0.05, 0) is 63.2 Å². The summed E-state index contributed by atoms with van der Waals surface area (Å²) < 4.78 is 27.2. The Morgan fingerprint density at radius 2 is 1.43 bits per heavy atom. The van der Waals surface area contributed by atoms with Crippen LogP contribution in [0.4, 0.5) is 11.4 Å². The van der Waals surface area contributed by atoms with Gasteiger partial charge < -0.3 is 5.32 Å². The van der Waals surface area contributed by atoms with Gasteiger partial charge in [0, 0.05) is 16.9 Å². The predicted molar refractivity (Wildman–Crippen MR) is 97.1 cm³/mol. The fraction of sp³-hybridized carbons (Fsp3) is 0.250. The molecule has 0 saturated carbocycles. The molecule has 7 heteroatoms. The molecule has 0 aliphatic heterocycles. The first kappa shape index (κ1) is 17.9. The smallest absolute Gasteiger partial charge is 0.261 e. The van der Waals surface area contributed by atoms with E-state index in [2.05, 4.69) is 10.0 Å². The van der Waals surface area contributed by atoms with Crippen LogP contribution in [0.3, 0.4) is 0 Å². The van der Waals surface area contributed by atoms with Crippen LogP contribution in [0.15, 0.2) is 47.4 Å². The first-order chi connectivity index (χ1) is 10.6. The van der Waals surface area contributed by atoms with E-state index in [9.17, 15) is 8.42 Å². The average Bonchev–Trinajstić information content (AvgIpc) is 2.42. The minimum Gasteiger partial charge on any atom is -0.380 e. The molecular formula is C16H18Cl2N2O2S. The molecule has 2 aromatic carbocycles. The van der Waals surface area contributed by atoms with Crippen molar-refractivity contribution in [1.82, 2.24) is 0 Å².